The van der Waals surface area contributed by atoms with Crippen molar-refractivity contribution >= 4 is 0 Å². The zero-order valence-electron chi connectivity index (χ0n) is 16.2. The van der Waals surface area contributed by atoms with Gasteiger partial charge in [-0.2, -0.15) is 0 Å². The lowest BCUT2D eigenvalue weighted by atomic mass is 9.83. The van der Waals surface area contributed by atoms with Crippen LogP contribution in [0.4, 0.5) is 0 Å². The fraction of sp³-hybridized carbons (Fsp3) is 0.478. The Morgan fingerprint density at radius 1 is 1.19 bits per heavy atom. The van der Waals surface area contributed by atoms with Crippen LogP contribution in [0.3, 0.4) is 0 Å². The SMILES string of the molecule is Cc1cccc(C2(O)CCN(C[C@@H](O)c3ccc4c(c3)C[C@H](C)O4)CC2)c1. The smallest absolute Gasteiger partial charge is 0.123 e. The first kappa shape index (κ1) is 18.5. The number of hydrogen-bond donors (Lipinski definition) is 2. The number of aryl methyl sites for hydroxylation is 1. The Hall–Kier alpha value is -1.88. The maximum atomic E-state index is 11.1. The zero-order valence-corrected chi connectivity index (χ0v) is 16.2. The lowest BCUT2D eigenvalue weighted by molar-refractivity contribution is -0.0345. The van der Waals surface area contributed by atoms with E-state index < -0.39 is 11.7 Å². The van der Waals surface area contributed by atoms with Crippen molar-refractivity contribution in [1.82, 2.24) is 4.90 Å². The molecule has 2 aliphatic rings. The van der Waals surface area contributed by atoms with Gasteiger partial charge in [0.15, 0.2) is 0 Å². The second-order valence-electron chi connectivity index (χ2n) is 8.22. The Kier molecular flexibility index (Phi) is 4.97. The van der Waals surface area contributed by atoms with Gasteiger partial charge in [0, 0.05) is 26.1 Å². The molecule has 0 bridgehead atoms. The Bertz CT molecular complexity index is 811. The zero-order chi connectivity index (χ0) is 19.0. The van der Waals surface area contributed by atoms with E-state index in [1.54, 1.807) is 0 Å². The van der Waals surface area contributed by atoms with Gasteiger partial charge in [-0.1, -0.05) is 35.9 Å². The summed E-state index contributed by atoms with van der Waals surface area (Å²) in [5, 5.41) is 21.8. The van der Waals surface area contributed by atoms with Gasteiger partial charge in [0.05, 0.1) is 11.7 Å². The van der Waals surface area contributed by atoms with Gasteiger partial charge in [-0.15, -0.1) is 0 Å². The number of β-amino-alcohol motifs (C(OH)–C–C–N with tert-alkyl or cyclic N) is 1. The van der Waals surface area contributed by atoms with Gasteiger partial charge in [0.25, 0.3) is 0 Å². The summed E-state index contributed by atoms with van der Waals surface area (Å²) in [5.41, 5.74) is 3.57. The molecule has 0 amide bonds. The second kappa shape index (κ2) is 7.27. The van der Waals surface area contributed by atoms with Crippen molar-refractivity contribution in [3.63, 3.8) is 0 Å². The molecular weight excluding hydrogens is 338 g/mol. The van der Waals surface area contributed by atoms with Gasteiger partial charge in [0.2, 0.25) is 0 Å². The molecule has 0 radical (unpaired) electrons. The number of nitrogens with zero attached hydrogens (tertiary/aromatic N) is 1. The minimum atomic E-state index is -0.755. The molecule has 2 aliphatic heterocycles. The summed E-state index contributed by atoms with van der Waals surface area (Å²) in [4.78, 5) is 2.25. The van der Waals surface area contributed by atoms with Gasteiger partial charge in [-0.05, 0) is 55.5 Å². The van der Waals surface area contributed by atoms with Crippen LogP contribution in [0.15, 0.2) is 42.5 Å². The van der Waals surface area contributed by atoms with Gasteiger partial charge < -0.3 is 19.8 Å². The van der Waals surface area contributed by atoms with Gasteiger partial charge in [-0.3, -0.25) is 0 Å². The topological polar surface area (TPSA) is 52.9 Å². The average Bonchev–Trinajstić information content (AvgIpc) is 3.03. The van der Waals surface area contributed by atoms with Gasteiger partial charge >= 0.3 is 0 Å². The highest BCUT2D eigenvalue weighted by Gasteiger charge is 2.34. The number of rotatable bonds is 4. The van der Waals surface area contributed by atoms with Crippen LogP contribution in [-0.4, -0.2) is 40.9 Å². The third-order valence-electron chi connectivity index (χ3n) is 5.97. The summed E-state index contributed by atoms with van der Waals surface area (Å²) >= 11 is 0. The largest absolute Gasteiger partial charge is 0.490 e. The molecule has 27 heavy (non-hydrogen) atoms. The molecule has 0 saturated carbocycles. The van der Waals surface area contributed by atoms with E-state index in [9.17, 15) is 10.2 Å². The Labute approximate surface area is 161 Å². The minimum absolute atomic E-state index is 0.216. The highest BCUT2D eigenvalue weighted by molar-refractivity contribution is 5.41. The first-order valence-electron chi connectivity index (χ1n) is 9.92. The summed E-state index contributed by atoms with van der Waals surface area (Å²) in [6, 6.07) is 14.2. The molecule has 4 nitrogen and oxygen atoms in total. The number of ether oxygens (including phenoxy) is 1. The molecular formula is C23H29NO3. The van der Waals surface area contributed by atoms with Crippen molar-refractivity contribution in [2.45, 2.75) is 50.9 Å². The molecule has 0 unspecified atom stereocenters. The fourth-order valence-corrected chi connectivity index (χ4v) is 4.33. The van der Waals surface area contributed by atoms with E-state index in [1.807, 2.05) is 24.3 Å². The van der Waals surface area contributed by atoms with Crippen LogP contribution >= 0.6 is 0 Å². The Morgan fingerprint density at radius 3 is 2.70 bits per heavy atom. The van der Waals surface area contributed by atoms with Crippen molar-refractivity contribution in [2.24, 2.45) is 0 Å². The van der Waals surface area contributed by atoms with Crippen LogP contribution in [0.5, 0.6) is 5.75 Å². The van der Waals surface area contributed by atoms with Crippen molar-refractivity contribution in [3.05, 3.63) is 64.7 Å². The van der Waals surface area contributed by atoms with Crippen molar-refractivity contribution in [3.8, 4) is 5.75 Å². The third-order valence-corrected chi connectivity index (χ3v) is 5.97. The van der Waals surface area contributed by atoms with Crippen LogP contribution in [0.1, 0.15) is 48.1 Å². The molecule has 0 spiro atoms. The van der Waals surface area contributed by atoms with E-state index >= 15 is 0 Å². The van der Waals surface area contributed by atoms with E-state index in [-0.39, 0.29) is 6.10 Å². The number of piperidine rings is 1. The summed E-state index contributed by atoms with van der Waals surface area (Å²) in [6.07, 6.45) is 1.99. The molecule has 2 aromatic carbocycles. The summed E-state index contributed by atoms with van der Waals surface area (Å²) in [6.45, 7) is 6.29. The monoisotopic (exact) mass is 367 g/mol. The highest BCUT2D eigenvalue weighted by Crippen LogP contribution is 2.35. The maximum absolute atomic E-state index is 11.1. The molecule has 1 fully saturated rings. The molecule has 144 valence electrons. The van der Waals surface area contributed by atoms with Crippen molar-refractivity contribution in [1.29, 1.82) is 0 Å². The number of aliphatic hydroxyl groups excluding tert-OH is 1. The van der Waals surface area contributed by atoms with Crippen molar-refractivity contribution < 1.29 is 14.9 Å². The first-order chi connectivity index (χ1) is 12.9. The number of benzene rings is 2. The lowest BCUT2D eigenvalue weighted by Crippen LogP contribution is -2.44. The van der Waals surface area contributed by atoms with E-state index in [0.29, 0.717) is 19.4 Å². The average molecular weight is 367 g/mol. The van der Waals surface area contributed by atoms with E-state index in [4.69, 9.17) is 4.74 Å². The Balaban J connectivity index is 1.37. The van der Waals surface area contributed by atoms with Crippen LogP contribution < -0.4 is 4.74 Å². The van der Waals surface area contributed by atoms with Crippen LogP contribution in [0.2, 0.25) is 0 Å². The standard InChI is InChI=1S/C23H29NO3/c1-16-4-3-5-20(12-16)23(26)8-10-24(11-9-23)15-21(25)18-6-7-22-19(14-18)13-17(2)27-22/h3-7,12,14,17,21,25-26H,8-11,13,15H2,1-2H3/t17-,21+/m0/s1. The van der Waals surface area contributed by atoms with E-state index in [2.05, 4.69) is 36.9 Å². The van der Waals surface area contributed by atoms with Crippen LogP contribution in [0.25, 0.3) is 0 Å². The molecule has 2 aromatic rings. The molecule has 1 saturated heterocycles. The van der Waals surface area contributed by atoms with Gasteiger partial charge in [0.1, 0.15) is 11.9 Å². The second-order valence-corrected chi connectivity index (χ2v) is 8.22. The molecule has 4 rings (SSSR count). The first-order valence-corrected chi connectivity index (χ1v) is 9.92. The predicted molar refractivity (Wildman–Crippen MR) is 106 cm³/mol. The summed E-state index contributed by atoms with van der Waals surface area (Å²) < 4.78 is 5.74. The quantitative estimate of drug-likeness (QED) is 0.870. The minimum Gasteiger partial charge on any atom is -0.490 e. The third kappa shape index (κ3) is 3.88. The normalized spacial score (nSPS) is 22.9. The molecule has 0 aromatic heterocycles. The molecule has 2 N–H and O–H groups in total. The summed E-state index contributed by atoms with van der Waals surface area (Å²) in [5.74, 6) is 0.944. The predicted octanol–water partition coefficient (Wildman–Crippen LogP) is 3.34. The van der Waals surface area contributed by atoms with E-state index in [0.717, 1.165) is 36.4 Å². The number of hydrogen-bond acceptors (Lipinski definition) is 4. The lowest BCUT2D eigenvalue weighted by Gasteiger charge is -2.39. The number of aliphatic hydroxyl groups is 2. The van der Waals surface area contributed by atoms with Crippen molar-refractivity contribution in [2.75, 3.05) is 19.6 Å². The van der Waals surface area contributed by atoms with E-state index in [1.165, 1.54) is 11.1 Å². The molecule has 2 heterocycles. The molecule has 4 heteroatoms. The molecule has 0 aliphatic carbocycles. The number of fused-ring (bicyclic) bond motifs is 1. The highest BCUT2D eigenvalue weighted by atomic mass is 16.5. The number of likely N-dealkylation sites (tertiary alicyclic amines) is 1. The molecule has 2 atom stereocenters. The maximum Gasteiger partial charge on any atom is 0.123 e. The van der Waals surface area contributed by atoms with Crippen LogP contribution in [0, 0.1) is 6.92 Å². The Morgan fingerprint density at radius 2 is 1.96 bits per heavy atom. The summed E-state index contributed by atoms with van der Waals surface area (Å²) in [7, 11) is 0. The van der Waals surface area contributed by atoms with Gasteiger partial charge in [-0.25, -0.2) is 0 Å². The fourth-order valence-electron chi connectivity index (χ4n) is 4.33. The van der Waals surface area contributed by atoms with Crippen LogP contribution in [-0.2, 0) is 12.0 Å².